The fourth-order valence-corrected chi connectivity index (χ4v) is 2.15. The molecule has 0 radical (unpaired) electrons. The molecule has 7 heteroatoms. The van der Waals surface area contributed by atoms with Gasteiger partial charge in [-0.25, -0.2) is 0 Å². The number of nitrogens with one attached hydrogen (secondary N) is 1. The minimum Gasteiger partial charge on any atom is -0.339 e. The molecule has 1 saturated carbocycles. The monoisotopic (exact) mass is 287 g/mol. The summed E-state index contributed by atoms with van der Waals surface area (Å²) in [6.07, 6.45) is -1.69. The number of anilines is 1. The molecule has 1 fully saturated rings. The summed E-state index contributed by atoms with van der Waals surface area (Å²) >= 11 is 0. The van der Waals surface area contributed by atoms with E-state index in [0.717, 1.165) is 31.4 Å². The third-order valence-electron chi connectivity index (χ3n) is 3.68. The first-order valence-corrected chi connectivity index (χ1v) is 6.29. The molecule has 1 aliphatic carbocycles. The lowest BCUT2D eigenvalue weighted by atomic mass is 9.91. The summed E-state index contributed by atoms with van der Waals surface area (Å²) in [5, 5.41) is 0. The molecular formula is C13H16F3N3O. The van der Waals surface area contributed by atoms with Crippen LogP contribution < -0.4 is 11.3 Å². The standard InChI is InChI=1S/C13H16F3N3O/c1-19(9-3-2-4-9)12(20)10-7-8(13(14,15)16)5-6-11(10)18-17/h5-7,9,18H,2-4,17H2,1H3. The lowest BCUT2D eigenvalue weighted by Gasteiger charge is -2.35. The van der Waals surface area contributed by atoms with Gasteiger partial charge in [0.1, 0.15) is 0 Å². The van der Waals surface area contributed by atoms with E-state index in [1.165, 1.54) is 11.0 Å². The van der Waals surface area contributed by atoms with Gasteiger partial charge >= 0.3 is 6.18 Å². The van der Waals surface area contributed by atoms with Crippen LogP contribution in [0, 0.1) is 0 Å². The summed E-state index contributed by atoms with van der Waals surface area (Å²) in [4.78, 5) is 13.8. The highest BCUT2D eigenvalue weighted by molar-refractivity contribution is 5.99. The van der Waals surface area contributed by atoms with E-state index in [0.29, 0.717) is 0 Å². The molecule has 4 nitrogen and oxygen atoms in total. The van der Waals surface area contributed by atoms with E-state index < -0.39 is 17.6 Å². The van der Waals surface area contributed by atoms with Crippen LogP contribution in [0.15, 0.2) is 18.2 Å². The molecule has 0 bridgehead atoms. The topological polar surface area (TPSA) is 58.4 Å². The second kappa shape index (κ2) is 5.32. The Morgan fingerprint density at radius 1 is 1.40 bits per heavy atom. The van der Waals surface area contributed by atoms with Crippen molar-refractivity contribution in [2.24, 2.45) is 5.84 Å². The predicted octanol–water partition coefficient (Wildman–Crippen LogP) is 2.62. The Kier molecular flexibility index (Phi) is 3.89. The average Bonchev–Trinajstić information content (AvgIpc) is 2.33. The number of carbonyl (C=O) groups excluding carboxylic acids is 1. The Hall–Kier alpha value is -1.76. The molecule has 0 aliphatic heterocycles. The number of benzene rings is 1. The van der Waals surface area contributed by atoms with Crippen molar-refractivity contribution in [2.45, 2.75) is 31.5 Å². The molecule has 1 aliphatic rings. The Morgan fingerprint density at radius 2 is 2.05 bits per heavy atom. The zero-order chi connectivity index (χ0) is 14.9. The van der Waals surface area contributed by atoms with Gasteiger partial charge in [0.25, 0.3) is 5.91 Å². The van der Waals surface area contributed by atoms with Crippen molar-refractivity contribution in [3.8, 4) is 0 Å². The Morgan fingerprint density at radius 3 is 2.50 bits per heavy atom. The van der Waals surface area contributed by atoms with Crippen LogP contribution in [0.25, 0.3) is 0 Å². The molecule has 0 aromatic heterocycles. The van der Waals surface area contributed by atoms with Crippen LogP contribution in [-0.2, 0) is 6.18 Å². The summed E-state index contributed by atoms with van der Waals surface area (Å²) in [5.74, 6) is 4.82. The second-order valence-electron chi connectivity index (χ2n) is 4.90. The number of hydrazine groups is 1. The fraction of sp³-hybridized carbons (Fsp3) is 0.462. The first kappa shape index (κ1) is 14.6. The maximum Gasteiger partial charge on any atom is 0.416 e. The quantitative estimate of drug-likeness (QED) is 0.663. The Bertz CT molecular complexity index is 512. The number of alkyl halides is 3. The first-order chi connectivity index (χ1) is 9.34. The molecule has 1 amide bonds. The maximum atomic E-state index is 12.7. The van der Waals surface area contributed by atoms with Crippen molar-refractivity contribution in [1.29, 1.82) is 0 Å². The zero-order valence-corrected chi connectivity index (χ0v) is 11.0. The number of amides is 1. The van der Waals surface area contributed by atoms with Crippen molar-refractivity contribution >= 4 is 11.6 Å². The van der Waals surface area contributed by atoms with E-state index in [1.807, 2.05) is 0 Å². The first-order valence-electron chi connectivity index (χ1n) is 6.29. The number of hydrogen-bond acceptors (Lipinski definition) is 3. The van der Waals surface area contributed by atoms with Crippen molar-refractivity contribution in [1.82, 2.24) is 4.90 Å². The molecule has 2 rings (SSSR count). The normalized spacial score (nSPS) is 15.7. The third kappa shape index (κ3) is 2.72. The van der Waals surface area contributed by atoms with E-state index in [9.17, 15) is 18.0 Å². The van der Waals surface area contributed by atoms with Crippen LogP contribution in [0.3, 0.4) is 0 Å². The van der Waals surface area contributed by atoms with Gasteiger partial charge in [-0.05, 0) is 37.5 Å². The van der Waals surface area contributed by atoms with E-state index >= 15 is 0 Å². The zero-order valence-electron chi connectivity index (χ0n) is 11.0. The molecule has 1 aromatic rings. The number of nitrogen functional groups attached to an aromatic ring is 1. The molecule has 0 heterocycles. The number of nitrogens with zero attached hydrogens (tertiary/aromatic N) is 1. The molecule has 3 N–H and O–H groups in total. The maximum absolute atomic E-state index is 12.7. The van der Waals surface area contributed by atoms with Crippen LogP contribution in [0.1, 0.15) is 35.2 Å². The lowest BCUT2D eigenvalue weighted by molar-refractivity contribution is -0.137. The molecule has 110 valence electrons. The molecule has 1 aromatic carbocycles. The van der Waals surface area contributed by atoms with Crippen LogP contribution in [0.4, 0.5) is 18.9 Å². The summed E-state index contributed by atoms with van der Waals surface area (Å²) < 4.78 is 38.2. The Balaban J connectivity index is 2.34. The van der Waals surface area contributed by atoms with E-state index in [-0.39, 0.29) is 17.3 Å². The highest BCUT2D eigenvalue weighted by Crippen LogP contribution is 2.33. The molecule has 0 atom stereocenters. The molecule has 20 heavy (non-hydrogen) atoms. The van der Waals surface area contributed by atoms with Gasteiger partial charge in [-0.15, -0.1) is 0 Å². The van der Waals surface area contributed by atoms with E-state index in [2.05, 4.69) is 5.43 Å². The van der Waals surface area contributed by atoms with Gasteiger partial charge in [-0.2, -0.15) is 13.2 Å². The number of hydrogen-bond donors (Lipinski definition) is 2. The van der Waals surface area contributed by atoms with Crippen molar-refractivity contribution < 1.29 is 18.0 Å². The summed E-state index contributed by atoms with van der Waals surface area (Å²) in [5.41, 5.74) is 1.54. The highest BCUT2D eigenvalue weighted by atomic mass is 19.4. The van der Waals surface area contributed by atoms with Crippen molar-refractivity contribution in [3.63, 3.8) is 0 Å². The van der Waals surface area contributed by atoms with Gasteiger partial charge in [0.15, 0.2) is 0 Å². The molecule has 0 spiro atoms. The predicted molar refractivity (Wildman–Crippen MR) is 69.0 cm³/mol. The summed E-state index contributed by atoms with van der Waals surface area (Å²) in [6, 6.07) is 3.01. The van der Waals surface area contributed by atoms with Gasteiger partial charge in [0.05, 0.1) is 16.8 Å². The fourth-order valence-electron chi connectivity index (χ4n) is 2.15. The minimum absolute atomic E-state index is 0.0586. The molecule has 0 saturated heterocycles. The van der Waals surface area contributed by atoms with Crippen molar-refractivity contribution in [3.05, 3.63) is 29.3 Å². The molecular weight excluding hydrogens is 271 g/mol. The van der Waals surface area contributed by atoms with Crippen molar-refractivity contribution in [2.75, 3.05) is 12.5 Å². The van der Waals surface area contributed by atoms with Crippen LogP contribution >= 0.6 is 0 Å². The van der Waals surface area contributed by atoms with Gasteiger partial charge < -0.3 is 10.3 Å². The van der Waals surface area contributed by atoms with Crippen LogP contribution in [0.5, 0.6) is 0 Å². The molecule has 0 unspecified atom stereocenters. The summed E-state index contributed by atoms with van der Waals surface area (Å²) in [6.45, 7) is 0. The van der Waals surface area contributed by atoms with Crippen LogP contribution in [0.2, 0.25) is 0 Å². The number of rotatable bonds is 3. The largest absolute Gasteiger partial charge is 0.416 e. The van der Waals surface area contributed by atoms with Gasteiger partial charge in [-0.3, -0.25) is 10.6 Å². The van der Waals surface area contributed by atoms with Crippen LogP contribution in [-0.4, -0.2) is 23.9 Å². The second-order valence-corrected chi connectivity index (χ2v) is 4.90. The third-order valence-corrected chi connectivity index (χ3v) is 3.68. The highest BCUT2D eigenvalue weighted by Gasteiger charge is 2.33. The Labute approximate surface area is 114 Å². The SMILES string of the molecule is CN(C(=O)c1cc(C(F)(F)F)ccc1NN)C1CCC1. The minimum atomic E-state index is -4.49. The average molecular weight is 287 g/mol. The summed E-state index contributed by atoms with van der Waals surface area (Å²) in [7, 11) is 1.60. The van der Waals surface area contributed by atoms with E-state index in [4.69, 9.17) is 5.84 Å². The van der Waals surface area contributed by atoms with E-state index in [1.54, 1.807) is 7.05 Å². The lowest BCUT2D eigenvalue weighted by Crippen LogP contribution is -2.41. The van der Waals surface area contributed by atoms with Gasteiger partial charge in [-0.1, -0.05) is 0 Å². The van der Waals surface area contributed by atoms with Gasteiger partial charge in [0, 0.05) is 13.1 Å². The number of carbonyl (C=O) groups is 1. The van der Waals surface area contributed by atoms with Gasteiger partial charge in [0.2, 0.25) is 0 Å². The smallest absolute Gasteiger partial charge is 0.339 e. The number of halogens is 3. The number of nitrogens with two attached hydrogens (primary N) is 1.